The van der Waals surface area contributed by atoms with Gasteiger partial charge >= 0.3 is 0 Å². The number of nitrogens with two attached hydrogens (primary N) is 1. The summed E-state index contributed by atoms with van der Waals surface area (Å²) in [5.74, 6) is -0.253. The SMILES string of the molecule is NCc1ccc(N=C(c2ccccc2)c2c(O)[nH]c3ccc(C(=O)NCc4cccc(Cl)c4)cc23)cc1. The van der Waals surface area contributed by atoms with Gasteiger partial charge in [0.1, 0.15) is 0 Å². The van der Waals surface area contributed by atoms with E-state index in [1.807, 2.05) is 72.8 Å². The number of aromatic hydroxyl groups is 1. The number of H-pyrrole nitrogens is 1. The second-order valence-electron chi connectivity index (χ2n) is 8.62. The van der Waals surface area contributed by atoms with Crippen LogP contribution in [-0.2, 0) is 13.1 Å². The molecule has 184 valence electrons. The molecule has 1 heterocycles. The van der Waals surface area contributed by atoms with Crippen LogP contribution in [0.5, 0.6) is 5.88 Å². The lowest BCUT2D eigenvalue weighted by Crippen LogP contribution is -2.22. The van der Waals surface area contributed by atoms with Crippen LogP contribution in [-0.4, -0.2) is 21.7 Å². The molecule has 37 heavy (non-hydrogen) atoms. The molecule has 1 amide bonds. The first-order chi connectivity index (χ1) is 18.0. The van der Waals surface area contributed by atoms with Crippen molar-refractivity contribution in [3.05, 3.63) is 130 Å². The van der Waals surface area contributed by atoms with E-state index in [4.69, 9.17) is 22.3 Å². The third kappa shape index (κ3) is 5.40. The van der Waals surface area contributed by atoms with E-state index in [1.165, 1.54) is 0 Å². The average molecular weight is 509 g/mol. The van der Waals surface area contributed by atoms with Crippen molar-refractivity contribution >= 4 is 39.8 Å². The summed E-state index contributed by atoms with van der Waals surface area (Å²) in [6.45, 7) is 0.791. The molecule has 6 nitrogen and oxygen atoms in total. The number of amides is 1. The number of benzene rings is 4. The van der Waals surface area contributed by atoms with Gasteiger partial charge in [0.2, 0.25) is 0 Å². The summed E-state index contributed by atoms with van der Waals surface area (Å²) in [7, 11) is 0. The Balaban J connectivity index is 1.55. The first-order valence-electron chi connectivity index (χ1n) is 11.8. The van der Waals surface area contributed by atoms with Crippen LogP contribution in [0.15, 0.2) is 102 Å². The van der Waals surface area contributed by atoms with Gasteiger partial charge in [-0.05, 0) is 53.6 Å². The lowest BCUT2D eigenvalue weighted by atomic mass is 9.99. The Kier molecular flexibility index (Phi) is 7.03. The molecule has 0 unspecified atom stereocenters. The van der Waals surface area contributed by atoms with E-state index in [0.717, 1.165) is 22.4 Å². The number of aromatic nitrogens is 1. The largest absolute Gasteiger partial charge is 0.494 e. The molecular weight excluding hydrogens is 484 g/mol. The van der Waals surface area contributed by atoms with Crippen LogP contribution in [0, 0.1) is 0 Å². The molecule has 5 aromatic rings. The molecule has 5 N–H and O–H groups in total. The van der Waals surface area contributed by atoms with Crippen LogP contribution in [0.1, 0.15) is 32.6 Å². The Morgan fingerprint density at radius 1 is 0.892 bits per heavy atom. The molecule has 0 aliphatic rings. The van der Waals surface area contributed by atoms with Gasteiger partial charge in [-0.25, -0.2) is 4.99 Å². The average Bonchev–Trinajstić information content (AvgIpc) is 3.26. The van der Waals surface area contributed by atoms with E-state index in [9.17, 15) is 9.90 Å². The zero-order valence-corrected chi connectivity index (χ0v) is 20.7. The van der Waals surface area contributed by atoms with Crippen molar-refractivity contribution in [3.63, 3.8) is 0 Å². The van der Waals surface area contributed by atoms with Crippen molar-refractivity contribution < 1.29 is 9.90 Å². The minimum absolute atomic E-state index is 0.0207. The Bertz CT molecular complexity index is 1590. The number of nitrogens with zero attached hydrogens (tertiary/aromatic N) is 1. The van der Waals surface area contributed by atoms with Crippen molar-refractivity contribution in [3.8, 4) is 5.88 Å². The van der Waals surface area contributed by atoms with Crippen molar-refractivity contribution in [1.82, 2.24) is 10.3 Å². The number of hydrogen-bond donors (Lipinski definition) is 4. The molecule has 1 aromatic heterocycles. The topological polar surface area (TPSA) is 104 Å². The highest BCUT2D eigenvalue weighted by molar-refractivity contribution is 6.30. The summed E-state index contributed by atoms with van der Waals surface area (Å²) in [6, 6.07) is 29.9. The van der Waals surface area contributed by atoms with Crippen molar-refractivity contribution in [1.29, 1.82) is 0 Å². The maximum Gasteiger partial charge on any atom is 0.251 e. The van der Waals surface area contributed by atoms with E-state index in [-0.39, 0.29) is 11.8 Å². The molecule has 0 radical (unpaired) electrons. The van der Waals surface area contributed by atoms with Crippen molar-refractivity contribution in [2.75, 3.05) is 0 Å². The van der Waals surface area contributed by atoms with E-state index < -0.39 is 0 Å². The molecule has 0 saturated heterocycles. The maximum absolute atomic E-state index is 13.0. The van der Waals surface area contributed by atoms with Crippen LogP contribution in [0.25, 0.3) is 10.9 Å². The molecule has 0 saturated carbocycles. The smallest absolute Gasteiger partial charge is 0.251 e. The standard InChI is InChI=1S/C30H25ClN4O2/c31-23-8-4-5-20(15-23)18-33-29(36)22-11-14-26-25(16-22)27(30(37)35-26)28(21-6-2-1-3-7-21)34-24-12-9-19(17-32)10-13-24/h1-16,35,37H,17-18,32H2,(H,33,36). The molecule has 0 bridgehead atoms. The predicted octanol–water partition coefficient (Wildman–Crippen LogP) is 6.08. The zero-order chi connectivity index (χ0) is 25.8. The molecule has 0 fully saturated rings. The first-order valence-corrected chi connectivity index (χ1v) is 12.2. The number of rotatable bonds is 7. The van der Waals surface area contributed by atoms with Gasteiger partial charge in [-0.15, -0.1) is 0 Å². The molecule has 7 heteroatoms. The summed E-state index contributed by atoms with van der Waals surface area (Å²) in [5, 5.41) is 15.2. The van der Waals surface area contributed by atoms with Gasteiger partial charge in [0.25, 0.3) is 5.91 Å². The van der Waals surface area contributed by atoms with Gasteiger partial charge in [0, 0.05) is 40.1 Å². The second kappa shape index (κ2) is 10.7. The highest BCUT2D eigenvalue weighted by Crippen LogP contribution is 2.32. The monoisotopic (exact) mass is 508 g/mol. The molecule has 0 aliphatic carbocycles. The van der Waals surface area contributed by atoms with Crippen LogP contribution >= 0.6 is 11.6 Å². The Hall–Kier alpha value is -4.39. The highest BCUT2D eigenvalue weighted by Gasteiger charge is 2.20. The summed E-state index contributed by atoms with van der Waals surface area (Å²) < 4.78 is 0. The molecule has 0 spiro atoms. The van der Waals surface area contributed by atoms with Crippen LogP contribution < -0.4 is 11.1 Å². The Morgan fingerprint density at radius 3 is 2.41 bits per heavy atom. The molecular formula is C30H25ClN4O2. The third-order valence-corrected chi connectivity index (χ3v) is 6.32. The van der Waals surface area contributed by atoms with Gasteiger partial charge < -0.3 is 21.1 Å². The van der Waals surface area contributed by atoms with Crippen molar-refractivity contribution in [2.24, 2.45) is 10.7 Å². The molecule has 5 rings (SSSR count). The van der Waals surface area contributed by atoms with Gasteiger partial charge in [0.15, 0.2) is 5.88 Å². The van der Waals surface area contributed by atoms with Crippen LogP contribution in [0.2, 0.25) is 5.02 Å². The number of halogens is 1. The van der Waals surface area contributed by atoms with Crippen LogP contribution in [0.3, 0.4) is 0 Å². The number of fused-ring (bicyclic) bond motifs is 1. The van der Waals surface area contributed by atoms with E-state index in [0.29, 0.717) is 45.9 Å². The Morgan fingerprint density at radius 2 is 1.68 bits per heavy atom. The third-order valence-electron chi connectivity index (χ3n) is 6.08. The molecule has 0 aliphatic heterocycles. The van der Waals surface area contributed by atoms with Gasteiger partial charge in [-0.2, -0.15) is 0 Å². The minimum Gasteiger partial charge on any atom is -0.494 e. The van der Waals surface area contributed by atoms with Gasteiger partial charge in [-0.1, -0.05) is 66.2 Å². The lowest BCUT2D eigenvalue weighted by molar-refractivity contribution is 0.0951. The maximum atomic E-state index is 13.0. The van der Waals surface area contributed by atoms with E-state index in [1.54, 1.807) is 24.3 Å². The molecule has 0 atom stereocenters. The van der Waals surface area contributed by atoms with E-state index >= 15 is 0 Å². The normalized spacial score (nSPS) is 11.6. The summed E-state index contributed by atoms with van der Waals surface area (Å²) in [5.41, 5.74) is 11.5. The highest BCUT2D eigenvalue weighted by atomic mass is 35.5. The fraction of sp³-hybridized carbons (Fsp3) is 0.0667. The fourth-order valence-corrected chi connectivity index (χ4v) is 4.40. The lowest BCUT2D eigenvalue weighted by Gasteiger charge is -2.09. The minimum atomic E-state index is -0.232. The van der Waals surface area contributed by atoms with Crippen LogP contribution in [0.4, 0.5) is 5.69 Å². The first kappa shape index (κ1) is 24.3. The number of aromatic amines is 1. The van der Waals surface area contributed by atoms with Gasteiger partial charge in [0.05, 0.1) is 17.0 Å². The summed E-state index contributed by atoms with van der Waals surface area (Å²) >= 11 is 6.06. The number of hydrogen-bond acceptors (Lipinski definition) is 4. The number of carbonyl (C=O) groups is 1. The second-order valence-corrected chi connectivity index (χ2v) is 9.06. The van der Waals surface area contributed by atoms with Crippen molar-refractivity contribution in [2.45, 2.75) is 13.1 Å². The quantitative estimate of drug-likeness (QED) is 0.200. The number of nitrogens with one attached hydrogen (secondary N) is 2. The molecule has 4 aromatic carbocycles. The predicted molar refractivity (Wildman–Crippen MR) is 149 cm³/mol. The fourth-order valence-electron chi connectivity index (χ4n) is 4.19. The van der Waals surface area contributed by atoms with Gasteiger partial charge in [-0.3, -0.25) is 4.79 Å². The summed E-state index contributed by atoms with van der Waals surface area (Å²) in [6.07, 6.45) is 0. The summed E-state index contributed by atoms with van der Waals surface area (Å²) in [4.78, 5) is 20.9. The van der Waals surface area contributed by atoms with E-state index in [2.05, 4.69) is 10.3 Å². The number of aliphatic imine (C=N–C) groups is 1. The number of carbonyl (C=O) groups excluding carboxylic acids is 1. The zero-order valence-electron chi connectivity index (χ0n) is 19.9. The Labute approximate surface area is 219 Å².